The molecule has 1 aromatic heterocycles. The molecule has 1 aromatic rings. The van der Waals surface area contributed by atoms with Gasteiger partial charge >= 0.3 is 0 Å². The van der Waals surface area contributed by atoms with Gasteiger partial charge in [-0.3, -0.25) is 4.98 Å². The molecule has 0 atom stereocenters. The quantitative estimate of drug-likeness (QED) is 0.721. The van der Waals surface area contributed by atoms with Crippen molar-refractivity contribution in [3.8, 4) is 0 Å². The molecular formula is C10H14N2. The summed E-state index contributed by atoms with van der Waals surface area (Å²) in [6.45, 7) is 4.08. The molecule has 0 saturated heterocycles. The van der Waals surface area contributed by atoms with E-state index in [2.05, 4.69) is 29.4 Å². The van der Waals surface area contributed by atoms with Crippen molar-refractivity contribution in [3.05, 3.63) is 23.5 Å². The topological polar surface area (TPSA) is 24.9 Å². The van der Waals surface area contributed by atoms with E-state index in [-0.39, 0.29) is 0 Å². The van der Waals surface area contributed by atoms with Crippen molar-refractivity contribution in [2.75, 3.05) is 5.32 Å². The van der Waals surface area contributed by atoms with Crippen molar-refractivity contribution < 1.29 is 0 Å². The average Bonchev–Trinajstić information content (AvgIpc) is 2.79. The summed E-state index contributed by atoms with van der Waals surface area (Å²) in [6, 6.07) is 4.89. The third-order valence-corrected chi connectivity index (χ3v) is 2.16. The highest BCUT2D eigenvalue weighted by Crippen LogP contribution is 2.25. The van der Waals surface area contributed by atoms with Crippen LogP contribution in [0.5, 0.6) is 0 Å². The second kappa shape index (κ2) is 2.77. The molecular weight excluding hydrogens is 148 g/mol. The van der Waals surface area contributed by atoms with Crippen molar-refractivity contribution in [2.24, 2.45) is 0 Å². The number of nitrogens with one attached hydrogen (secondary N) is 1. The molecule has 2 nitrogen and oxygen atoms in total. The fourth-order valence-corrected chi connectivity index (χ4v) is 1.29. The Kier molecular flexibility index (Phi) is 1.75. The highest BCUT2D eigenvalue weighted by molar-refractivity contribution is 5.49. The van der Waals surface area contributed by atoms with Gasteiger partial charge in [0.15, 0.2) is 0 Å². The number of hydrogen-bond acceptors (Lipinski definition) is 2. The van der Waals surface area contributed by atoms with Crippen LogP contribution in [-0.4, -0.2) is 11.0 Å². The third kappa shape index (κ3) is 1.58. The van der Waals surface area contributed by atoms with Crippen LogP contribution >= 0.6 is 0 Å². The van der Waals surface area contributed by atoms with Gasteiger partial charge in [0.2, 0.25) is 0 Å². The lowest BCUT2D eigenvalue weighted by Crippen LogP contribution is -2.03. The van der Waals surface area contributed by atoms with Gasteiger partial charge in [-0.25, -0.2) is 0 Å². The van der Waals surface area contributed by atoms with Crippen molar-refractivity contribution in [2.45, 2.75) is 32.7 Å². The van der Waals surface area contributed by atoms with Crippen LogP contribution in [0.25, 0.3) is 0 Å². The lowest BCUT2D eigenvalue weighted by atomic mass is 10.3. The summed E-state index contributed by atoms with van der Waals surface area (Å²) in [4.78, 5) is 4.39. The van der Waals surface area contributed by atoms with Crippen LogP contribution in [-0.2, 0) is 0 Å². The maximum atomic E-state index is 4.39. The van der Waals surface area contributed by atoms with Gasteiger partial charge in [-0.2, -0.15) is 0 Å². The molecule has 1 fully saturated rings. The fourth-order valence-electron chi connectivity index (χ4n) is 1.29. The van der Waals surface area contributed by atoms with Crippen LogP contribution in [0.2, 0.25) is 0 Å². The van der Waals surface area contributed by atoms with Crippen LogP contribution < -0.4 is 5.32 Å². The largest absolute Gasteiger partial charge is 0.381 e. The SMILES string of the molecule is Cc1ccc(NC2CC2)c(C)n1. The van der Waals surface area contributed by atoms with Crippen LogP contribution in [0, 0.1) is 13.8 Å². The molecule has 0 aromatic carbocycles. The van der Waals surface area contributed by atoms with E-state index in [9.17, 15) is 0 Å². The summed E-state index contributed by atoms with van der Waals surface area (Å²) >= 11 is 0. The Hall–Kier alpha value is -1.05. The predicted octanol–water partition coefficient (Wildman–Crippen LogP) is 2.27. The van der Waals surface area contributed by atoms with Gasteiger partial charge in [-0.15, -0.1) is 0 Å². The normalized spacial score (nSPS) is 16.2. The zero-order chi connectivity index (χ0) is 8.55. The van der Waals surface area contributed by atoms with Crippen LogP contribution in [0.3, 0.4) is 0 Å². The number of anilines is 1. The minimum absolute atomic E-state index is 0.716. The Morgan fingerprint density at radius 3 is 2.67 bits per heavy atom. The molecule has 1 N–H and O–H groups in total. The molecule has 1 heterocycles. The van der Waals surface area contributed by atoms with Crippen molar-refractivity contribution in [1.29, 1.82) is 0 Å². The van der Waals surface area contributed by atoms with Gasteiger partial charge in [-0.05, 0) is 38.8 Å². The number of nitrogens with zero attached hydrogens (tertiary/aromatic N) is 1. The molecule has 1 aliphatic rings. The van der Waals surface area contributed by atoms with E-state index in [0.717, 1.165) is 11.4 Å². The molecule has 0 unspecified atom stereocenters. The smallest absolute Gasteiger partial charge is 0.0606 e. The van der Waals surface area contributed by atoms with E-state index in [1.54, 1.807) is 0 Å². The fraction of sp³-hybridized carbons (Fsp3) is 0.500. The first-order chi connectivity index (χ1) is 5.75. The monoisotopic (exact) mass is 162 g/mol. The Bertz CT molecular complexity index is 290. The van der Waals surface area contributed by atoms with Gasteiger partial charge < -0.3 is 5.32 Å². The van der Waals surface area contributed by atoms with Gasteiger partial charge in [0, 0.05) is 11.7 Å². The Morgan fingerprint density at radius 1 is 1.33 bits per heavy atom. The lowest BCUT2D eigenvalue weighted by molar-refractivity contribution is 1.08. The van der Waals surface area contributed by atoms with Crippen molar-refractivity contribution in [1.82, 2.24) is 4.98 Å². The van der Waals surface area contributed by atoms with Gasteiger partial charge in [-0.1, -0.05) is 0 Å². The maximum Gasteiger partial charge on any atom is 0.0606 e. The number of aromatic nitrogens is 1. The van der Waals surface area contributed by atoms with Crippen LogP contribution in [0.4, 0.5) is 5.69 Å². The minimum atomic E-state index is 0.716. The molecule has 64 valence electrons. The first-order valence-electron chi connectivity index (χ1n) is 4.46. The zero-order valence-electron chi connectivity index (χ0n) is 7.59. The molecule has 2 heteroatoms. The third-order valence-electron chi connectivity index (χ3n) is 2.16. The molecule has 0 amide bonds. The van der Waals surface area contributed by atoms with E-state index in [1.165, 1.54) is 18.5 Å². The molecule has 0 radical (unpaired) electrons. The van der Waals surface area contributed by atoms with E-state index >= 15 is 0 Å². The molecule has 1 saturated carbocycles. The van der Waals surface area contributed by atoms with Crippen LogP contribution in [0.15, 0.2) is 12.1 Å². The Balaban J connectivity index is 2.18. The summed E-state index contributed by atoms with van der Waals surface area (Å²) in [6.07, 6.45) is 2.63. The van der Waals surface area contributed by atoms with E-state index < -0.39 is 0 Å². The zero-order valence-corrected chi connectivity index (χ0v) is 7.59. The second-order valence-electron chi connectivity index (χ2n) is 3.50. The van der Waals surface area contributed by atoms with Gasteiger partial charge in [0.1, 0.15) is 0 Å². The van der Waals surface area contributed by atoms with E-state index in [4.69, 9.17) is 0 Å². The highest BCUT2D eigenvalue weighted by atomic mass is 15.0. The van der Waals surface area contributed by atoms with Crippen LogP contribution in [0.1, 0.15) is 24.2 Å². The van der Waals surface area contributed by atoms with E-state index in [1.807, 2.05) is 6.92 Å². The summed E-state index contributed by atoms with van der Waals surface area (Å²) in [5.41, 5.74) is 3.40. The summed E-state index contributed by atoms with van der Waals surface area (Å²) in [7, 11) is 0. The van der Waals surface area contributed by atoms with Crippen molar-refractivity contribution >= 4 is 5.69 Å². The number of hydrogen-bond donors (Lipinski definition) is 1. The first kappa shape index (κ1) is 7.59. The first-order valence-corrected chi connectivity index (χ1v) is 4.46. The standard InChI is InChI=1S/C10H14N2/c1-7-3-6-10(8(2)11-7)12-9-4-5-9/h3,6,9,12H,4-5H2,1-2H3. The summed E-state index contributed by atoms with van der Waals surface area (Å²) in [5.74, 6) is 0. The maximum absolute atomic E-state index is 4.39. The molecule has 0 spiro atoms. The minimum Gasteiger partial charge on any atom is -0.381 e. The summed E-state index contributed by atoms with van der Waals surface area (Å²) in [5, 5.41) is 3.45. The molecule has 12 heavy (non-hydrogen) atoms. The van der Waals surface area contributed by atoms with E-state index in [0.29, 0.717) is 6.04 Å². The van der Waals surface area contributed by atoms with Gasteiger partial charge in [0.25, 0.3) is 0 Å². The number of pyridine rings is 1. The molecule has 0 bridgehead atoms. The Labute approximate surface area is 73.0 Å². The molecule has 2 rings (SSSR count). The van der Waals surface area contributed by atoms with Crippen molar-refractivity contribution in [3.63, 3.8) is 0 Å². The van der Waals surface area contributed by atoms with Gasteiger partial charge in [0.05, 0.1) is 11.4 Å². The predicted molar refractivity (Wildman–Crippen MR) is 50.4 cm³/mol. The lowest BCUT2D eigenvalue weighted by Gasteiger charge is -2.07. The summed E-state index contributed by atoms with van der Waals surface area (Å²) < 4.78 is 0. The second-order valence-corrected chi connectivity index (χ2v) is 3.50. The number of aryl methyl sites for hydroxylation is 2. The number of rotatable bonds is 2. The highest BCUT2D eigenvalue weighted by Gasteiger charge is 2.21. The average molecular weight is 162 g/mol. The Morgan fingerprint density at radius 2 is 2.08 bits per heavy atom. The molecule has 1 aliphatic carbocycles. The molecule has 0 aliphatic heterocycles.